The lowest BCUT2D eigenvalue weighted by atomic mass is 9.73. The van der Waals surface area contributed by atoms with Gasteiger partial charge in [-0.25, -0.2) is 18.1 Å². The molecule has 13 heteroatoms. The summed E-state index contributed by atoms with van der Waals surface area (Å²) < 4.78 is 41.2. The Labute approximate surface area is 336 Å². The number of aromatic amines is 1. The van der Waals surface area contributed by atoms with Gasteiger partial charge in [-0.2, -0.15) is 0 Å². The Hall–Kier alpha value is -4.85. The summed E-state index contributed by atoms with van der Waals surface area (Å²) in [4.78, 5) is 26.1. The lowest BCUT2D eigenvalue weighted by Gasteiger charge is -2.39. The lowest BCUT2D eigenvalue weighted by molar-refractivity contribution is 0.0699. The van der Waals surface area contributed by atoms with Crippen molar-refractivity contribution in [1.29, 1.82) is 0 Å². The number of allylic oxidation sites excluding steroid dienone is 2. The maximum Gasteiger partial charge on any atom is 0.268 e. The number of hydrogen-bond donors (Lipinski definition) is 4. The lowest BCUT2D eigenvalue weighted by Crippen LogP contribution is -2.47. The molecule has 2 aromatic heterocycles. The van der Waals surface area contributed by atoms with Gasteiger partial charge in [0.2, 0.25) is 0 Å². The Kier molecular flexibility index (Phi) is 12.3. The molecule has 2 saturated heterocycles. The van der Waals surface area contributed by atoms with E-state index in [4.69, 9.17) is 15.2 Å². The van der Waals surface area contributed by atoms with Crippen LogP contribution in [0.2, 0.25) is 0 Å². The quantitative estimate of drug-likeness (QED) is 0.0732. The molecule has 0 atom stereocenters. The van der Waals surface area contributed by atoms with Crippen molar-refractivity contribution in [2.45, 2.75) is 70.6 Å². The molecule has 0 unspecified atom stereocenters. The minimum atomic E-state index is -4.28. The number of benzene rings is 2. The highest BCUT2D eigenvalue weighted by Gasteiger charge is 2.29. The fraction of sp³-hybridized carbons (Fsp3) is 0.455. The number of sulfonamides is 1. The van der Waals surface area contributed by atoms with Crippen LogP contribution in [0.5, 0.6) is 11.5 Å². The summed E-state index contributed by atoms with van der Waals surface area (Å²) in [7, 11) is -4.28. The fourth-order valence-corrected chi connectivity index (χ4v) is 9.10. The summed E-state index contributed by atoms with van der Waals surface area (Å²) in [6.45, 7) is 17.6. The SMILES string of the molecule is C=C(C)CCC1=C(CN2CCN(c3ccc(C(=O)NS(=O)(=O)c4ccc(NCC5CCOCC5)c(N)c4)c(Oc4cnc5[nH]ccc5c4)c3)CC2)CCC(C)(C)C1. The average molecular weight is 796 g/mol. The van der Waals surface area contributed by atoms with E-state index in [0.29, 0.717) is 35.0 Å². The maximum atomic E-state index is 13.8. The van der Waals surface area contributed by atoms with E-state index in [2.05, 4.69) is 57.2 Å². The predicted octanol–water partition coefficient (Wildman–Crippen LogP) is 7.88. The van der Waals surface area contributed by atoms with E-state index in [0.717, 1.165) is 95.5 Å². The van der Waals surface area contributed by atoms with Gasteiger partial charge in [0.05, 0.1) is 28.0 Å². The molecular formula is C44H57N7O5S. The molecule has 3 aliphatic rings. The fourth-order valence-electron chi connectivity index (χ4n) is 8.10. The van der Waals surface area contributed by atoms with E-state index >= 15 is 0 Å². The van der Waals surface area contributed by atoms with Gasteiger partial charge >= 0.3 is 0 Å². The molecule has 4 heterocycles. The van der Waals surface area contributed by atoms with E-state index in [1.807, 2.05) is 24.3 Å². The largest absolute Gasteiger partial charge is 0.455 e. The Balaban J connectivity index is 1.06. The van der Waals surface area contributed by atoms with Crippen LogP contribution >= 0.6 is 0 Å². The number of nitrogen functional groups attached to an aromatic ring is 1. The predicted molar refractivity (Wildman–Crippen MR) is 228 cm³/mol. The van der Waals surface area contributed by atoms with Gasteiger partial charge in [-0.3, -0.25) is 9.69 Å². The van der Waals surface area contributed by atoms with Crippen LogP contribution in [-0.2, 0) is 14.8 Å². The van der Waals surface area contributed by atoms with Crippen molar-refractivity contribution in [2.24, 2.45) is 11.3 Å². The molecule has 57 heavy (non-hydrogen) atoms. The first-order chi connectivity index (χ1) is 27.3. The van der Waals surface area contributed by atoms with Crippen molar-refractivity contribution in [3.63, 3.8) is 0 Å². The second-order valence-electron chi connectivity index (χ2n) is 16.8. The minimum Gasteiger partial charge on any atom is -0.455 e. The zero-order chi connectivity index (χ0) is 40.2. The monoisotopic (exact) mass is 795 g/mol. The maximum absolute atomic E-state index is 13.8. The van der Waals surface area contributed by atoms with Crippen molar-refractivity contribution in [2.75, 3.05) is 68.4 Å². The van der Waals surface area contributed by atoms with Crippen molar-refractivity contribution >= 4 is 44.0 Å². The van der Waals surface area contributed by atoms with E-state index in [1.54, 1.807) is 35.7 Å². The van der Waals surface area contributed by atoms with Gasteiger partial charge in [0.25, 0.3) is 15.9 Å². The number of aromatic nitrogens is 2. The molecule has 5 N–H and O–H groups in total. The van der Waals surface area contributed by atoms with Gasteiger partial charge in [0, 0.05) is 75.8 Å². The number of nitrogens with zero attached hydrogens (tertiary/aromatic N) is 3. The first-order valence-electron chi connectivity index (χ1n) is 20.2. The topological polar surface area (TPSA) is 155 Å². The number of H-pyrrole nitrogens is 1. The molecule has 1 aliphatic carbocycles. The zero-order valence-corrected chi connectivity index (χ0v) is 34.3. The minimum absolute atomic E-state index is 0.0762. The third kappa shape index (κ3) is 10.2. The summed E-state index contributed by atoms with van der Waals surface area (Å²) in [6.07, 6.45) is 10.9. The Morgan fingerprint density at radius 1 is 1.07 bits per heavy atom. The molecule has 0 radical (unpaired) electrons. The number of nitrogens with one attached hydrogen (secondary N) is 3. The number of hydrogen-bond acceptors (Lipinski definition) is 10. The van der Waals surface area contributed by atoms with Crippen LogP contribution in [0.15, 0.2) is 89.1 Å². The molecule has 2 fully saturated rings. The number of nitrogens with two attached hydrogens (primary N) is 1. The van der Waals surface area contributed by atoms with Crippen molar-refractivity contribution in [1.82, 2.24) is 19.6 Å². The number of anilines is 3. The average Bonchev–Trinajstić information content (AvgIpc) is 3.66. The number of amides is 1. The molecule has 0 spiro atoms. The number of ether oxygens (including phenoxy) is 2. The Bertz CT molecular complexity index is 2230. The summed E-state index contributed by atoms with van der Waals surface area (Å²) >= 11 is 0. The molecule has 0 bridgehead atoms. The molecule has 0 saturated carbocycles. The van der Waals surface area contributed by atoms with Crippen LogP contribution < -0.4 is 25.4 Å². The van der Waals surface area contributed by atoms with Crippen LogP contribution in [0.25, 0.3) is 11.0 Å². The molecular weight excluding hydrogens is 739 g/mol. The highest BCUT2D eigenvalue weighted by molar-refractivity contribution is 7.90. The van der Waals surface area contributed by atoms with Gasteiger partial charge in [0.15, 0.2) is 0 Å². The third-order valence-corrected chi connectivity index (χ3v) is 12.9. The normalized spacial score (nSPS) is 18.1. The van der Waals surface area contributed by atoms with Crippen molar-refractivity contribution in [3.05, 3.63) is 89.8 Å². The summed E-state index contributed by atoms with van der Waals surface area (Å²) in [5.74, 6) is 0.285. The van der Waals surface area contributed by atoms with E-state index in [1.165, 1.54) is 24.1 Å². The van der Waals surface area contributed by atoms with Gasteiger partial charge < -0.3 is 30.4 Å². The number of carbonyl (C=O) groups is 1. The third-order valence-electron chi connectivity index (χ3n) is 11.6. The van der Waals surface area contributed by atoms with Crippen LogP contribution in [0.1, 0.15) is 76.1 Å². The molecule has 304 valence electrons. The van der Waals surface area contributed by atoms with E-state index in [9.17, 15) is 13.2 Å². The van der Waals surface area contributed by atoms with Gasteiger partial charge in [0.1, 0.15) is 17.1 Å². The number of rotatable bonds is 14. The number of piperazine rings is 1. The summed E-state index contributed by atoms with van der Waals surface area (Å²) in [5.41, 5.74) is 13.7. The highest BCUT2D eigenvalue weighted by atomic mass is 32.2. The molecule has 4 aromatic rings. The van der Waals surface area contributed by atoms with Crippen molar-refractivity contribution < 1.29 is 22.7 Å². The second-order valence-corrected chi connectivity index (χ2v) is 18.4. The van der Waals surface area contributed by atoms with Gasteiger partial charge in [-0.15, -0.1) is 6.58 Å². The highest BCUT2D eigenvalue weighted by Crippen LogP contribution is 2.41. The molecule has 1 amide bonds. The van der Waals surface area contributed by atoms with E-state index < -0.39 is 15.9 Å². The van der Waals surface area contributed by atoms with Crippen molar-refractivity contribution in [3.8, 4) is 11.5 Å². The summed E-state index contributed by atoms with van der Waals surface area (Å²) in [5, 5.41) is 4.18. The van der Waals surface area contributed by atoms with Crippen LogP contribution in [0.4, 0.5) is 17.1 Å². The van der Waals surface area contributed by atoms with E-state index in [-0.39, 0.29) is 21.9 Å². The van der Waals surface area contributed by atoms with Gasteiger partial charge in [-0.1, -0.05) is 30.6 Å². The summed E-state index contributed by atoms with van der Waals surface area (Å²) in [6, 6.07) is 13.5. The number of pyridine rings is 1. The Morgan fingerprint density at radius 2 is 1.86 bits per heavy atom. The Morgan fingerprint density at radius 3 is 2.61 bits per heavy atom. The number of carbonyl (C=O) groups excluding carboxylic acids is 1. The molecule has 2 aromatic carbocycles. The first kappa shape index (κ1) is 40.4. The standard InChI is InChI=1S/C44H57N7O5S/c1-30(2)5-6-33-26-44(3,4)15-11-34(33)29-50-17-19-51(20-18-50)35-7-9-38(41(24-35)56-36-23-32-12-16-46-42(32)48-28-36)43(52)49-57(53,54)37-8-10-40(39(45)25-37)47-27-31-13-21-55-22-14-31/h7-10,12,16,23-25,28,31,47H,1,5-6,11,13-15,17-22,26-27,29,45H2,2-4H3,(H,46,48)(H,49,52). The molecule has 12 nitrogen and oxygen atoms in total. The molecule has 7 rings (SSSR count). The zero-order valence-electron chi connectivity index (χ0n) is 33.5. The smallest absolute Gasteiger partial charge is 0.268 e. The van der Waals surface area contributed by atoms with Crippen LogP contribution in [0.3, 0.4) is 0 Å². The van der Waals surface area contributed by atoms with Crippen LogP contribution in [-0.4, -0.2) is 81.7 Å². The van der Waals surface area contributed by atoms with Gasteiger partial charge in [-0.05, 0) is 106 Å². The molecule has 2 aliphatic heterocycles. The first-order valence-corrected chi connectivity index (χ1v) is 21.6. The van der Waals surface area contributed by atoms with Crippen LogP contribution in [0, 0.1) is 11.3 Å². The second kappa shape index (κ2) is 17.3. The number of fused-ring (bicyclic) bond motifs is 1.